The molecule has 0 rings (SSSR count). The molecule has 2 heteroatoms. The summed E-state index contributed by atoms with van der Waals surface area (Å²) in [5, 5.41) is 9.14. The monoisotopic (exact) mass is 509 g/mol. The van der Waals surface area contributed by atoms with Gasteiger partial charge in [0.05, 0.1) is 5.92 Å². The lowest BCUT2D eigenvalue weighted by Gasteiger charge is -2.24. The summed E-state index contributed by atoms with van der Waals surface area (Å²) in [7, 11) is 0. The van der Waals surface area contributed by atoms with Gasteiger partial charge in [0.15, 0.2) is 0 Å². The maximum absolute atomic E-state index is 11.1. The minimum atomic E-state index is -0.653. The summed E-state index contributed by atoms with van der Waals surface area (Å²) in [4.78, 5) is 11.1. The maximum Gasteiger partial charge on any atom is 0.306 e. The minimum absolute atomic E-state index is 0.217. The number of carbonyl (C=O) groups is 1. The van der Waals surface area contributed by atoms with Crippen molar-refractivity contribution in [3.8, 4) is 0 Å². The molecule has 0 unspecified atom stereocenters. The number of rotatable bonds is 26. The van der Waals surface area contributed by atoms with E-state index >= 15 is 0 Å². The number of unbranched alkanes of at least 4 members (excludes halogenated alkanes) is 13. The first-order chi connectivity index (χ1) is 17.1. The summed E-state index contributed by atoms with van der Waals surface area (Å²) >= 11 is 0. The second kappa shape index (κ2) is 23.6. The number of hydrogen-bond acceptors (Lipinski definition) is 1. The molecular weight excluding hydrogens is 440 g/mol. The van der Waals surface area contributed by atoms with Crippen LogP contribution in [0.15, 0.2) is 0 Å². The molecule has 0 spiro atoms. The molecule has 0 aliphatic carbocycles. The van der Waals surface area contributed by atoms with Gasteiger partial charge in [-0.3, -0.25) is 4.79 Å². The molecule has 0 radical (unpaired) electrons. The van der Waals surface area contributed by atoms with Gasteiger partial charge < -0.3 is 5.11 Å². The van der Waals surface area contributed by atoms with Crippen LogP contribution in [0.4, 0.5) is 0 Å². The van der Waals surface area contributed by atoms with Crippen LogP contribution < -0.4 is 0 Å². The fourth-order valence-electron chi connectivity index (χ4n) is 6.64. The van der Waals surface area contributed by atoms with Gasteiger partial charge in [-0.2, -0.15) is 0 Å². The van der Waals surface area contributed by atoms with Crippen LogP contribution in [0.25, 0.3) is 0 Å². The third-order valence-electron chi connectivity index (χ3n) is 8.45. The molecule has 0 aromatic heterocycles. The van der Waals surface area contributed by atoms with E-state index in [1.165, 1.54) is 116 Å². The van der Waals surface area contributed by atoms with E-state index in [0.717, 1.165) is 30.6 Å². The molecule has 0 fully saturated rings. The van der Waals surface area contributed by atoms with Gasteiger partial charge in [0.2, 0.25) is 0 Å². The molecule has 216 valence electrons. The molecule has 0 amide bonds. The van der Waals surface area contributed by atoms with Crippen LogP contribution in [-0.4, -0.2) is 11.1 Å². The minimum Gasteiger partial charge on any atom is -0.481 e. The van der Waals surface area contributed by atoms with Gasteiger partial charge >= 0.3 is 5.97 Å². The van der Waals surface area contributed by atoms with E-state index in [1.807, 2.05) is 6.92 Å². The zero-order valence-corrected chi connectivity index (χ0v) is 26.0. The summed E-state index contributed by atoms with van der Waals surface area (Å²) in [5.41, 5.74) is 0. The second-order valence-corrected chi connectivity index (χ2v) is 13.3. The standard InChI is InChI=1S/C34H68O2/c1-8-9-10-11-12-13-14-15-16-17-18-19-20-21-22-28(2)23-29(3)24-30(4)25-31(5)26-32(6)27-33(7)34(35)36/h28-33H,8-27H2,1-7H3,(H,35,36)/t28-,29-,30-,31-,32-,33-/m0/s1. The third-order valence-corrected chi connectivity index (χ3v) is 8.45. The molecule has 6 atom stereocenters. The van der Waals surface area contributed by atoms with E-state index < -0.39 is 5.97 Å². The van der Waals surface area contributed by atoms with Crippen LogP contribution in [0.5, 0.6) is 0 Å². The first-order valence-corrected chi connectivity index (χ1v) is 16.4. The number of carboxylic acids is 1. The molecule has 0 saturated heterocycles. The molecule has 0 aliphatic heterocycles. The van der Waals surface area contributed by atoms with E-state index in [4.69, 9.17) is 5.11 Å². The summed E-state index contributed by atoms with van der Waals surface area (Å²) in [6, 6.07) is 0. The van der Waals surface area contributed by atoms with Crippen molar-refractivity contribution in [2.24, 2.45) is 35.5 Å². The molecular formula is C34H68O2. The predicted octanol–water partition coefficient (Wildman–Crippen LogP) is 11.7. The first kappa shape index (κ1) is 35.5. The van der Waals surface area contributed by atoms with Crippen molar-refractivity contribution in [3.05, 3.63) is 0 Å². The molecule has 0 aromatic rings. The highest BCUT2D eigenvalue weighted by Gasteiger charge is 2.19. The van der Waals surface area contributed by atoms with Crippen molar-refractivity contribution in [3.63, 3.8) is 0 Å². The third kappa shape index (κ3) is 22.7. The van der Waals surface area contributed by atoms with E-state index in [1.54, 1.807) is 0 Å². The Hall–Kier alpha value is -0.530. The number of carboxylic acid groups (broad SMARTS) is 1. The zero-order valence-electron chi connectivity index (χ0n) is 26.0. The molecule has 0 bridgehead atoms. The van der Waals surface area contributed by atoms with Gasteiger partial charge in [-0.1, -0.05) is 145 Å². The predicted molar refractivity (Wildman–Crippen MR) is 161 cm³/mol. The average molecular weight is 509 g/mol. The van der Waals surface area contributed by atoms with Crippen molar-refractivity contribution in [2.45, 2.75) is 177 Å². The van der Waals surface area contributed by atoms with Crippen LogP contribution in [0.3, 0.4) is 0 Å². The summed E-state index contributed by atoms with van der Waals surface area (Å²) in [5.74, 6) is 2.77. The van der Waals surface area contributed by atoms with Crippen LogP contribution in [-0.2, 0) is 4.79 Å². The molecule has 36 heavy (non-hydrogen) atoms. The quantitative estimate of drug-likeness (QED) is 0.118. The van der Waals surface area contributed by atoms with Crippen molar-refractivity contribution in [1.29, 1.82) is 0 Å². The van der Waals surface area contributed by atoms with Crippen molar-refractivity contribution in [1.82, 2.24) is 0 Å². The van der Waals surface area contributed by atoms with Gasteiger partial charge in [-0.05, 0) is 61.7 Å². The van der Waals surface area contributed by atoms with Gasteiger partial charge in [-0.15, -0.1) is 0 Å². The van der Waals surface area contributed by atoms with Crippen LogP contribution >= 0.6 is 0 Å². The normalized spacial score (nSPS) is 16.9. The molecule has 0 heterocycles. The second-order valence-electron chi connectivity index (χ2n) is 13.3. The highest BCUT2D eigenvalue weighted by atomic mass is 16.4. The fourth-order valence-corrected chi connectivity index (χ4v) is 6.64. The number of aliphatic carboxylic acids is 1. The Labute approximate surface area is 228 Å². The maximum atomic E-state index is 11.1. The largest absolute Gasteiger partial charge is 0.481 e. The van der Waals surface area contributed by atoms with Gasteiger partial charge in [0.25, 0.3) is 0 Å². The Morgan fingerprint density at radius 1 is 0.472 bits per heavy atom. The SMILES string of the molecule is CCCCCCCCCCCCCCCC[C@H](C)C[C@H](C)C[C@H](C)C[C@H](C)C[C@H](C)C[C@H](C)C(=O)O. The summed E-state index contributed by atoms with van der Waals surface area (Å²) < 4.78 is 0. The summed E-state index contributed by atoms with van der Waals surface area (Å²) in [6.45, 7) is 16.1. The lowest BCUT2D eigenvalue weighted by atomic mass is 9.81. The highest BCUT2D eigenvalue weighted by molar-refractivity contribution is 5.69. The topological polar surface area (TPSA) is 37.3 Å². The van der Waals surface area contributed by atoms with Crippen molar-refractivity contribution in [2.75, 3.05) is 0 Å². The smallest absolute Gasteiger partial charge is 0.306 e. The van der Waals surface area contributed by atoms with Gasteiger partial charge in [0.1, 0.15) is 0 Å². The molecule has 0 aliphatic rings. The number of hydrogen-bond donors (Lipinski definition) is 1. The van der Waals surface area contributed by atoms with Crippen LogP contribution in [0, 0.1) is 35.5 Å². The Morgan fingerprint density at radius 3 is 1.14 bits per heavy atom. The summed E-state index contributed by atoms with van der Waals surface area (Å²) in [6.07, 6.45) is 27.6. The zero-order chi connectivity index (χ0) is 27.2. The molecule has 0 aromatic carbocycles. The first-order valence-electron chi connectivity index (χ1n) is 16.4. The Balaban J connectivity index is 3.68. The van der Waals surface area contributed by atoms with Crippen LogP contribution in [0.2, 0.25) is 0 Å². The molecule has 0 saturated carbocycles. The Bertz CT molecular complexity index is 488. The Morgan fingerprint density at radius 2 is 0.778 bits per heavy atom. The molecule has 1 N–H and O–H groups in total. The van der Waals surface area contributed by atoms with E-state index in [-0.39, 0.29) is 5.92 Å². The van der Waals surface area contributed by atoms with Gasteiger partial charge in [-0.25, -0.2) is 0 Å². The van der Waals surface area contributed by atoms with E-state index in [9.17, 15) is 4.79 Å². The average Bonchev–Trinajstić information content (AvgIpc) is 2.78. The lowest BCUT2D eigenvalue weighted by Crippen LogP contribution is -2.16. The van der Waals surface area contributed by atoms with Gasteiger partial charge in [0, 0.05) is 0 Å². The lowest BCUT2D eigenvalue weighted by molar-refractivity contribution is -0.141. The Kier molecular flexibility index (Phi) is 23.2. The van der Waals surface area contributed by atoms with Crippen molar-refractivity contribution >= 4 is 5.97 Å². The van der Waals surface area contributed by atoms with E-state index in [0.29, 0.717) is 11.8 Å². The van der Waals surface area contributed by atoms with E-state index in [2.05, 4.69) is 41.5 Å². The van der Waals surface area contributed by atoms with Crippen molar-refractivity contribution < 1.29 is 9.90 Å². The molecule has 2 nitrogen and oxygen atoms in total. The fraction of sp³-hybridized carbons (Fsp3) is 0.971. The highest BCUT2D eigenvalue weighted by Crippen LogP contribution is 2.29. The van der Waals surface area contributed by atoms with Crippen LogP contribution in [0.1, 0.15) is 177 Å².